The van der Waals surface area contributed by atoms with Crippen molar-refractivity contribution in [3.8, 4) is 5.69 Å². The smallest absolute Gasteiger partial charge is 0.272 e. The van der Waals surface area contributed by atoms with Crippen molar-refractivity contribution < 1.29 is 9.18 Å². The molecule has 1 aliphatic carbocycles. The van der Waals surface area contributed by atoms with Gasteiger partial charge in [0.2, 0.25) is 0 Å². The van der Waals surface area contributed by atoms with Crippen LogP contribution in [0, 0.1) is 5.82 Å². The Kier molecular flexibility index (Phi) is 3.61. The van der Waals surface area contributed by atoms with Gasteiger partial charge in [0.05, 0.1) is 5.69 Å². The summed E-state index contributed by atoms with van der Waals surface area (Å²) in [5.41, 5.74) is 0.962. The Balaban J connectivity index is 1.41. The largest absolute Gasteiger partial charge is 0.347 e. The monoisotopic (exact) mass is 314 g/mol. The fraction of sp³-hybridized carbons (Fsp3) is 0.412. The van der Waals surface area contributed by atoms with Gasteiger partial charge >= 0.3 is 0 Å². The molecule has 1 aromatic carbocycles. The highest BCUT2D eigenvalue weighted by Crippen LogP contribution is 2.29. The summed E-state index contributed by atoms with van der Waals surface area (Å²) in [6, 6.07) is 8.74. The van der Waals surface area contributed by atoms with Crippen LogP contribution in [-0.2, 0) is 0 Å². The maximum absolute atomic E-state index is 13.3. The summed E-state index contributed by atoms with van der Waals surface area (Å²) in [4.78, 5) is 14.8. The summed E-state index contributed by atoms with van der Waals surface area (Å²) >= 11 is 0. The van der Waals surface area contributed by atoms with Crippen molar-refractivity contribution in [3.63, 3.8) is 0 Å². The van der Waals surface area contributed by atoms with Crippen molar-refractivity contribution in [2.45, 2.75) is 31.3 Å². The van der Waals surface area contributed by atoms with Crippen LogP contribution in [0.3, 0.4) is 0 Å². The van der Waals surface area contributed by atoms with Crippen LogP contribution in [0.4, 0.5) is 4.39 Å². The first kappa shape index (κ1) is 14.4. The van der Waals surface area contributed by atoms with Gasteiger partial charge in [0.1, 0.15) is 5.82 Å². The van der Waals surface area contributed by atoms with E-state index in [2.05, 4.69) is 15.3 Å². The SMILES string of the molecule is O=C(N[C@H]1CCN(C2CC2)C1)c1ccn(-c2cccc(F)c2)n1. The zero-order valence-corrected chi connectivity index (χ0v) is 12.8. The number of halogens is 1. The van der Waals surface area contributed by atoms with Crippen LogP contribution in [-0.4, -0.2) is 45.8 Å². The molecule has 2 fully saturated rings. The van der Waals surface area contributed by atoms with Crippen LogP contribution in [0.15, 0.2) is 36.5 Å². The highest BCUT2D eigenvalue weighted by atomic mass is 19.1. The Morgan fingerprint density at radius 3 is 2.91 bits per heavy atom. The maximum atomic E-state index is 13.3. The number of amides is 1. The van der Waals surface area contributed by atoms with E-state index in [-0.39, 0.29) is 17.8 Å². The summed E-state index contributed by atoms with van der Waals surface area (Å²) in [6.45, 7) is 1.99. The molecule has 2 aromatic rings. The molecule has 2 aliphatic rings. The minimum Gasteiger partial charge on any atom is -0.347 e. The Labute approximate surface area is 134 Å². The molecular weight excluding hydrogens is 295 g/mol. The van der Waals surface area contributed by atoms with Gasteiger partial charge in [-0.1, -0.05) is 6.07 Å². The average molecular weight is 314 g/mol. The topological polar surface area (TPSA) is 50.2 Å². The van der Waals surface area contributed by atoms with Crippen LogP contribution in [0.2, 0.25) is 0 Å². The predicted molar refractivity (Wildman–Crippen MR) is 84.0 cm³/mol. The minimum absolute atomic E-state index is 0.164. The molecule has 1 N–H and O–H groups in total. The molecule has 1 aromatic heterocycles. The zero-order valence-electron chi connectivity index (χ0n) is 12.8. The lowest BCUT2D eigenvalue weighted by Crippen LogP contribution is -2.37. The average Bonchev–Trinajstić information content (AvgIpc) is 3.09. The second kappa shape index (κ2) is 5.77. The van der Waals surface area contributed by atoms with E-state index in [0.717, 1.165) is 25.6 Å². The second-order valence-electron chi connectivity index (χ2n) is 6.31. The van der Waals surface area contributed by atoms with Gasteiger partial charge in [-0.2, -0.15) is 5.10 Å². The molecule has 120 valence electrons. The van der Waals surface area contributed by atoms with E-state index >= 15 is 0 Å². The molecule has 1 atom stereocenters. The number of carbonyl (C=O) groups excluding carboxylic acids is 1. The van der Waals surface area contributed by atoms with E-state index in [1.807, 2.05) is 0 Å². The number of likely N-dealkylation sites (tertiary alicyclic amines) is 1. The number of rotatable bonds is 4. The molecule has 1 saturated heterocycles. The Morgan fingerprint density at radius 1 is 1.26 bits per heavy atom. The minimum atomic E-state index is -0.324. The van der Waals surface area contributed by atoms with Crippen molar-refractivity contribution in [2.24, 2.45) is 0 Å². The van der Waals surface area contributed by atoms with Crippen LogP contribution < -0.4 is 5.32 Å². The van der Waals surface area contributed by atoms with Crippen molar-refractivity contribution in [1.29, 1.82) is 0 Å². The van der Waals surface area contributed by atoms with Crippen molar-refractivity contribution in [1.82, 2.24) is 20.0 Å². The van der Waals surface area contributed by atoms with Gasteiger partial charge in [-0.15, -0.1) is 0 Å². The Hall–Kier alpha value is -2.21. The lowest BCUT2D eigenvalue weighted by Gasteiger charge is -2.15. The molecule has 23 heavy (non-hydrogen) atoms. The predicted octanol–water partition coefficient (Wildman–Crippen LogP) is 1.98. The number of hydrogen-bond acceptors (Lipinski definition) is 3. The van der Waals surface area contributed by atoms with Crippen LogP contribution in [0.5, 0.6) is 0 Å². The summed E-state index contributed by atoms with van der Waals surface area (Å²) in [6.07, 6.45) is 5.25. The first-order valence-corrected chi connectivity index (χ1v) is 8.05. The number of nitrogens with zero attached hydrogens (tertiary/aromatic N) is 3. The molecule has 4 rings (SSSR count). The van der Waals surface area contributed by atoms with E-state index in [4.69, 9.17) is 0 Å². The van der Waals surface area contributed by atoms with Crippen molar-refractivity contribution in [3.05, 3.63) is 48.0 Å². The fourth-order valence-electron chi connectivity index (χ4n) is 3.14. The fourth-order valence-corrected chi connectivity index (χ4v) is 3.14. The number of aromatic nitrogens is 2. The first-order valence-electron chi connectivity index (χ1n) is 8.05. The third-order valence-electron chi connectivity index (χ3n) is 4.51. The highest BCUT2D eigenvalue weighted by Gasteiger charge is 2.34. The summed E-state index contributed by atoms with van der Waals surface area (Å²) < 4.78 is 14.8. The third-order valence-corrected chi connectivity index (χ3v) is 4.51. The number of hydrogen-bond donors (Lipinski definition) is 1. The zero-order chi connectivity index (χ0) is 15.8. The van der Waals surface area contributed by atoms with Gasteiger partial charge < -0.3 is 5.32 Å². The lowest BCUT2D eigenvalue weighted by molar-refractivity contribution is 0.0932. The van der Waals surface area contributed by atoms with E-state index in [9.17, 15) is 9.18 Å². The van der Waals surface area contributed by atoms with Crippen molar-refractivity contribution in [2.75, 3.05) is 13.1 Å². The summed E-state index contributed by atoms with van der Waals surface area (Å²) in [5.74, 6) is -0.488. The molecule has 1 amide bonds. The van der Waals surface area contributed by atoms with E-state index in [1.165, 1.54) is 29.7 Å². The molecule has 0 bridgehead atoms. The molecule has 6 heteroatoms. The van der Waals surface area contributed by atoms with E-state index in [0.29, 0.717) is 11.4 Å². The Morgan fingerprint density at radius 2 is 2.13 bits per heavy atom. The maximum Gasteiger partial charge on any atom is 0.272 e. The van der Waals surface area contributed by atoms with Gasteiger partial charge in [-0.3, -0.25) is 9.69 Å². The molecule has 1 aliphatic heterocycles. The number of benzene rings is 1. The van der Waals surface area contributed by atoms with E-state index < -0.39 is 0 Å². The molecule has 0 spiro atoms. The van der Waals surface area contributed by atoms with Gasteiger partial charge in [-0.05, 0) is 43.5 Å². The number of nitrogens with one attached hydrogen (secondary N) is 1. The number of carbonyl (C=O) groups is 1. The quantitative estimate of drug-likeness (QED) is 0.939. The van der Waals surface area contributed by atoms with Gasteiger partial charge in [-0.25, -0.2) is 9.07 Å². The summed E-state index contributed by atoms with van der Waals surface area (Å²) in [7, 11) is 0. The third kappa shape index (κ3) is 3.12. The van der Waals surface area contributed by atoms with E-state index in [1.54, 1.807) is 24.4 Å². The van der Waals surface area contributed by atoms with Gasteiger partial charge in [0.25, 0.3) is 5.91 Å². The molecular formula is C17H19FN4O. The van der Waals surface area contributed by atoms with Crippen LogP contribution in [0.25, 0.3) is 5.69 Å². The van der Waals surface area contributed by atoms with Crippen molar-refractivity contribution >= 4 is 5.91 Å². The normalized spacial score (nSPS) is 21.5. The van der Waals surface area contributed by atoms with Crippen LogP contribution in [0.1, 0.15) is 29.8 Å². The standard InChI is InChI=1S/C17H19FN4O/c18-12-2-1-3-15(10-12)22-9-7-16(20-22)17(23)19-13-6-8-21(11-13)14-4-5-14/h1-3,7,9-10,13-14H,4-6,8,11H2,(H,19,23)/t13-/m0/s1. The molecule has 0 radical (unpaired) electrons. The summed E-state index contributed by atoms with van der Waals surface area (Å²) in [5, 5.41) is 7.31. The lowest BCUT2D eigenvalue weighted by atomic mass is 10.2. The van der Waals surface area contributed by atoms with Gasteiger partial charge in [0.15, 0.2) is 5.69 Å². The van der Waals surface area contributed by atoms with Gasteiger partial charge in [0, 0.05) is 31.4 Å². The molecule has 5 nitrogen and oxygen atoms in total. The Bertz CT molecular complexity index is 725. The second-order valence-corrected chi connectivity index (χ2v) is 6.31. The van der Waals surface area contributed by atoms with Crippen LogP contribution >= 0.6 is 0 Å². The molecule has 2 heterocycles. The highest BCUT2D eigenvalue weighted by molar-refractivity contribution is 5.92. The first-order chi connectivity index (χ1) is 11.2. The molecule has 1 saturated carbocycles. The molecule has 0 unspecified atom stereocenters.